The molecule has 0 atom stereocenters. The highest BCUT2D eigenvalue weighted by Crippen LogP contribution is 2.23. The molecule has 0 aromatic carbocycles. The first-order chi connectivity index (χ1) is 6.77. The van der Waals surface area contributed by atoms with Gasteiger partial charge in [-0.05, 0) is 27.4 Å². The predicted molar refractivity (Wildman–Crippen MR) is 56.5 cm³/mol. The lowest BCUT2D eigenvalue weighted by Crippen LogP contribution is -2.10. The molecule has 0 bridgehead atoms. The average Bonchev–Trinajstić information content (AvgIpc) is 2.75. The molecular formula is C8H5BrN2O2S. The largest absolute Gasteiger partial charge is 0.363 e. The number of nitrogens with one attached hydrogen (secondary N) is 1. The SMILES string of the molecule is O=C(Nc1ccon1)c1sccc1Br. The van der Waals surface area contributed by atoms with Gasteiger partial charge in [-0.1, -0.05) is 5.16 Å². The Kier molecular flexibility index (Phi) is 2.64. The van der Waals surface area contributed by atoms with Crippen LogP contribution in [0.4, 0.5) is 5.82 Å². The predicted octanol–water partition coefficient (Wildman–Crippen LogP) is 2.75. The molecule has 0 saturated heterocycles. The molecule has 72 valence electrons. The van der Waals surface area contributed by atoms with Crippen LogP contribution in [0.1, 0.15) is 9.67 Å². The fraction of sp³-hybridized carbons (Fsp3) is 0. The third kappa shape index (κ3) is 1.85. The van der Waals surface area contributed by atoms with E-state index in [1.54, 1.807) is 6.07 Å². The van der Waals surface area contributed by atoms with Gasteiger partial charge in [-0.15, -0.1) is 11.3 Å². The Labute approximate surface area is 92.0 Å². The Morgan fingerprint density at radius 1 is 1.57 bits per heavy atom. The summed E-state index contributed by atoms with van der Waals surface area (Å²) in [5.74, 6) is 0.219. The topological polar surface area (TPSA) is 55.1 Å². The second-order valence-electron chi connectivity index (χ2n) is 2.44. The van der Waals surface area contributed by atoms with Crippen molar-refractivity contribution in [3.8, 4) is 0 Å². The van der Waals surface area contributed by atoms with E-state index in [1.807, 2.05) is 11.4 Å². The Hall–Kier alpha value is -1.14. The standard InChI is InChI=1S/C8H5BrN2O2S/c9-5-2-4-14-7(5)8(12)10-6-1-3-13-11-6/h1-4H,(H,10,11,12). The second-order valence-corrected chi connectivity index (χ2v) is 4.21. The van der Waals surface area contributed by atoms with Crippen molar-refractivity contribution in [2.45, 2.75) is 0 Å². The smallest absolute Gasteiger partial charge is 0.268 e. The van der Waals surface area contributed by atoms with E-state index in [-0.39, 0.29) is 5.91 Å². The molecule has 2 rings (SSSR count). The average molecular weight is 273 g/mol. The third-order valence-corrected chi connectivity index (χ3v) is 3.34. The summed E-state index contributed by atoms with van der Waals surface area (Å²) in [4.78, 5) is 12.2. The van der Waals surface area contributed by atoms with Crippen molar-refractivity contribution in [1.82, 2.24) is 5.16 Å². The zero-order valence-electron chi connectivity index (χ0n) is 6.86. The molecule has 2 heterocycles. The van der Waals surface area contributed by atoms with E-state index in [1.165, 1.54) is 17.6 Å². The summed E-state index contributed by atoms with van der Waals surface area (Å²) in [5, 5.41) is 8.02. The molecule has 0 saturated carbocycles. The van der Waals surface area contributed by atoms with E-state index in [0.717, 1.165) is 4.47 Å². The third-order valence-electron chi connectivity index (χ3n) is 1.50. The summed E-state index contributed by atoms with van der Waals surface area (Å²) in [5.41, 5.74) is 0. The van der Waals surface area contributed by atoms with Gasteiger partial charge in [-0.25, -0.2) is 0 Å². The lowest BCUT2D eigenvalue weighted by atomic mass is 10.4. The molecule has 2 aromatic heterocycles. The van der Waals surface area contributed by atoms with Crippen molar-refractivity contribution in [2.24, 2.45) is 0 Å². The van der Waals surface area contributed by atoms with E-state index >= 15 is 0 Å². The molecule has 0 aliphatic rings. The number of anilines is 1. The number of rotatable bonds is 2. The van der Waals surface area contributed by atoms with Crippen LogP contribution in [0, 0.1) is 0 Å². The van der Waals surface area contributed by atoms with Crippen LogP contribution in [0.25, 0.3) is 0 Å². The molecule has 2 aromatic rings. The number of halogens is 1. The summed E-state index contributed by atoms with van der Waals surface area (Å²) in [6, 6.07) is 3.40. The van der Waals surface area contributed by atoms with Crippen molar-refractivity contribution in [2.75, 3.05) is 5.32 Å². The zero-order chi connectivity index (χ0) is 9.97. The van der Waals surface area contributed by atoms with Crippen LogP contribution in [0.5, 0.6) is 0 Å². The van der Waals surface area contributed by atoms with Gasteiger partial charge in [0.15, 0.2) is 5.82 Å². The highest BCUT2D eigenvalue weighted by atomic mass is 79.9. The molecule has 0 radical (unpaired) electrons. The van der Waals surface area contributed by atoms with Crippen molar-refractivity contribution in [3.63, 3.8) is 0 Å². The minimum Gasteiger partial charge on any atom is -0.363 e. The minimum atomic E-state index is -0.194. The number of aromatic nitrogens is 1. The molecule has 0 fully saturated rings. The highest BCUT2D eigenvalue weighted by Gasteiger charge is 2.12. The van der Waals surface area contributed by atoms with Crippen molar-refractivity contribution < 1.29 is 9.32 Å². The number of nitrogens with zero attached hydrogens (tertiary/aromatic N) is 1. The van der Waals surface area contributed by atoms with E-state index < -0.39 is 0 Å². The van der Waals surface area contributed by atoms with E-state index in [0.29, 0.717) is 10.7 Å². The molecule has 0 aliphatic heterocycles. The molecule has 6 heteroatoms. The maximum Gasteiger partial charge on any atom is 0.268 e. The number of hydrogen-bond acceptors (Lipinski definition) is 4. The summed E-state index contributed by atoms with van der Waals surface area (Å²) < 4.78 is 5.37. The van der Waals surface area contributed by atoms with Crippen molar-refractivity contribution in [3.05, 3.63) is 33.1 Å². The maximum atomic E-state index is 11.6. The molecule has 0 spiro atoms. The van der Waals surface area contributed by atoms with Gasteiger partial charge < -0.3 is 9.84 Å². The number of carbonyl (C=O) groups excluding carboxylic acids is 1. The van der Waals surface area contributed by atoms with Gasteiger partial charge in [0, 0.05) is 10.5 Å². The van der Waals surface area contributed by atoms with Gasteiger partial charge in [0.05, 0.1) is 0 Å². The minimum absolute atomic E-state index is 0.194. The van der Waals surface area contributed by atoms with Gasteiger partial charge in [-0.2, -0.15) is 0 Å². The van der Waals surface area contributed by atoms with Crippen molar-refractivity contribution in [1.29, 1.82) is 0 Å². The lowest BCUT2D eigenvalue weighted by molar-refractivity contribution is 0.102. The Balaban J connectivity index is 2.14. The maximum absolute atomic E-state index is 11.6. The van der Waals surface area contributed by atoms with Crippen LogP contribution < -0.4 is 5.32 Å². The highest BCUT2D eigenvalue weighted by molar-refractivity contribution is 9.10. The first kappa shape index (κ1) is 9.42. The first-order valence-corrected chi connectivity index (χ1v) is 5.39. The number of hydrogen-bond donors (Lipinski definition) is 1. The number of thiophene rings is 1. The molecular weight excluding hydrogens is 268 g/mol. The quantitative estimate of drug-likeness (QED) is 0.915. The van der Waals surface area contributed by atoms with Crippen LogP contribution >= 0.6 is 27.3 Å². The Morgan fingerprint density at radius 3 is 3.00 bits per heavy atom. The molecule has 0 unspecified atom stereocenters. The van der Waals surface area contributed by atoms with Crippen LogP contribution in [0.15, 0.2) is 32.8 Å². The van der Waals surface area contributed by atoms with Gasteiger partial charge in [0.25, 0.3) is 5.91 Å². The fourth-order valence-electron chi connectivity index (χ4n) is 0.906. The molecule has 1 N–H and O–H groups in total. The van der Waals surface area contributed by atoms with Gasteiger partial charge >= 0.3 is 0 Å². The van der Waals surface area contributed by atoms with Gasteiger partial charge in [0.2, 0.25) is 0 Å². The van der Waals surface area contributed by atoms with Crippen LogP contribution in [-0.2, 0) is 0 Å². The monoisotopic (exact) mass is 272 g/mol. The normalized spacial score (nSPS) is 10.1. The van der Waals surface area contributed by atoms with E-state index in [9.17, 15) is 4.79 Å². The van der Waals surface area contributed by atoms with Gasteiger partial charge in [-0.3, -0.25) is 4.79 Å². The molecule has 0 aliphatic carbocycles. The van der Waals surface area contributed by atoms with Crippen LogP contribution in [0.3, 0.4) is 0 Å². The molecule has 1 amide bonds. The molecule has 4 nitrogen and oxygen atoms in total. The second kappa shape index (κ2) is 3.93. The number of amides is 1. The zero-order valence-corrected chi connectivity index (χ0v) is 9.26. The van der Waals surface area contributed by atoms with E-state index in [4.69, 9.17) is 0 Å². The molecule has 14 heavy (non-hydrogen) atoms. The fourth-order valence-corrected chi connectivity index (χ4v) is 2.35. The number of carbonyl (C=O) groups is 1. The van der Waals surface area contributed by atoms with Crippen molar-refractivity contribution >= 4 is 39.0 Å². The summed E-state index contributed by atoms with van der Waals surface area (Å²) in [7, 11) is 0. The lowest BCUT2D eigenvalue weighted by Gasteiger charge is -1.97. The van der Waals surface area contributed by atoms with Crippen LogP contribution in [-0.4, -0.2) is 11.1 Å². The Bertz CT molecular complexity index is 438. The van der Waals surface area contributed by atoms with Crippen LogP contribution in [0.2, 0.25) is 0 Å². The Morgan fingerprint density at radius 2 is 2.43 bits per heavy atom. The summed E-state index contributed by atoms with van der Waals surface area (Å²) in [6.45, 7) is 0. The summed E-state index contributed by atoms with van der Waals surface area (Å²) >= 11 is 4.64. The van der Waals surface area contributed by atoms with Gasteiger partial charge in [0.1, 0.15) is 11.1 Å². The van der Waals surface area contributed by atoms with E-state index in [2.05, 4.69) is 30.9 Å². The first-order valence-electron chi connectivity index (χ1n) is 3.72. The summed E-state index contributed by atoms with van der Waals surface area (Å²) in [6.07, 6.45) is 1.40.